The summed E-state index contributed by atoms with van der Waals surface area (Å²) in [6, 6.07) is 0.284. The molecule has 1 aliphatic heterocycles. The summed E-state index contributed by atoms with van der Waals surface area (Å²) in [6.45, 7) is 3.55. The first-order valence-corrected chi connectivity index (χ1v) is 6.59. The van der Waals surface area contributed by atoms with Crippen LogP contribution in [0.2, 0.25) is 0 Å². The highest BCUT2D eigenvalue weighted by Gasteiger charge is 2.38. The number of hydrazine groups is 1. The molecule has 0 spiro atoms. The van der Waals surface area contributed by atoms with Gasteiger partial charge in [-0.3, -0.25) is 25.3 Å². The number of carbonyl (C=O) groups is 2. The molecule has 0 aromatic rings. The van der Waals surface area contributed by atoms with E-state index in [1.165, 1.54) is 19.8 Å². The monoisotopic (exact) mass is 254 g/mol. The Morgan fingerprint density at radius 1 is 1.28 bits per heavy atom. The molecule has 3 unspecified atom stereocenters. The van der Waals surface area contributed by atoms with E-state index in [0.717, 1.165) is 19.5 Å². The number of hydrogen-bond acceptors (Lipinski definition) is 4. The molecule has 0 bridgehead atoms. The van der Waals surface area contributed by atoms with Crippen molar-refractivity contribution in [2.75, 3.05) is 19.6 Å². The van der Waals surface area contributed by atoms with Gasteiger partial charge in [0, 0.05) is 26.1 Å². The number of nitrogens with zero attached hydrogens (tertiary/aromatic N) is 1. The van der Waals surface area contributed by atoms with E-state index in [0.29, 0.717) is 18.4 Å². The summed E-state index contributed by atoms with van der Waals surface area (Å²) in [7, 11) is 0. The van der Waals surface area contributed by atoms with Gasteiger partial charge in [-0.05, 0) is 24.7 Å². The van der Waals surface area contributed by atoms with Gasteiger partial charge in [0.15, 0.2) is 0 Å². The van der Waals surface area contributed by atoms with Crippen LogP contribution in [0, 0.1) is 11.8 Å². The van der Waals surface area contributed by atoms with Crippen LogP contribution in [0.5, 0.6) is 0 Å². The Morgan fingerprint density at radius 2 is 2.06 bits per heavy atom. The topological polar surface area (TPSA) is 87.5 Å². The molecule has 4 N–H and O–H groups in total. The number of rotatable bonds is 2. The number of fused-ring (bicyclic) bond motifs is 1. The van der Waals surface area contributed by atoms with E-state index in [2.05, 4.69) is 15.8 Å². The van der Waals surface area contributed by atoms with Crippen molar-refractivity contribution in [2.45, 2.75) is 32.2 Å². The van der Waals surface area contributed by atoms with Crippen molar-refractivity contribution in [3.8, 4) is 0 Å². The van der Waals surface area contributed by atoms with E-state index in [4.69, 9.17) is 5.73 Å². The van der Waals surface area contributed by atoms with Crippen LogP contribution >= 0.6 is 0 Å². The first-order valence-electron chi connectivity index (χ1n) is 6.59. The second-order valence-corrected chi connectivity index (χ2v) is 5.44. The maximum Gasteiger partial charge on any atom is 0.252 e. The molecule has 2 aliphatic rings. The van der Waals surface area contributed by atoms with Crippen molar-refractivity contribution in [1.82, 2.24) is 15.8 Å². The molecule has 6 nitrogen and oxygen atoms in total. The van der Waals surface area contributed by atoms with Gasteiger partial charge in [-0.2, -0.15) is 0 Å². The highest BCUT2D eigenvalue weighted by Crippen LogP contribution is 2.35. The lowest BCUT2D eigenvalue weighted by Crippen LogP contribution is -2.45. The fraction of sp³-hybridized carbons (Fsp3) is 0.833. The van der Waals surface area contributed by atoms with Crippen molar-refractivity contribution in [3.05, 3.63) is 0 Å². The highest BCUT2D eigenvalue weighted by atomic mass is 16.2. The molecular formula is C12H22N4O2. The Kier molecular flexibility index (Phi) is 4.19. The molecule has 1 aliphatic carbocycles. The van der Waals surface area contributed by atoms with Crippen LogP contribution in [-0.2, 0) is 9.59 Å². The smallest absolute Gasteiger partial charge is 0.252 e. The molecule has 2 amide bonds. The predicted octanol–water partition coefficient (Wildman–Crippen LogP) is -0.787. The van der Waals surface area contributed by atoms with Crippen LogP contribution < -0.4 is 16.6 Å². The first-order chi connectivity index (χ1) is 8.56. The zero-order valence-electron chi connectivity index (χ0n) is 10.8. The molecule has 0 aromatic heterocycles. The normalized spacial score (nSPS) is 31.8. The molecule has 2 fully saturated rings. The van der Waals surface area contributed by atoms with Crippen LogP contribution in [0.25, 0.3) is 0 Å². The molecule has 0 aromatic carbocycles. The Morgan fingerprint density at radius 3 is 2.72 bits per heavy atom. The van der Waals surface area contributed by atoms with Crippen LogP contribution in [0.4, 0.5) is 0 Å². The maximum absolute atomic E-state index is 11.6. The lowest BCUT2D eigenvalue weighted by Gasteiger charge is -2.29. The highest BCUT2D eigenvalue weighted by molar-refractivity contribution is 5.81. The summed E-state index contributed by atoms with van der Waals surface area (Å²) in [5.74, 6) is 0.743. The van der Waals surface area contributed by atoms with Gasteiger partial charge in [-0.25, -0.2) is 0 Å². The van der Waals surface area contributed by atoms with Crippen LogP contribution in [-0.4, -0.2) is 42.4 Å². The fourth-order valence-corrected chi connectivity index (χ4v) is 3.14. The largest absolute Gasteiger partial charge is 0.327 e. The van der Waals surface area contributed by atoms with E-state index in [1.807, 2.05) is 0 Å². The van der Waals surface area contributed by atoms with Gasteiger partial charge < -0.3 is 5.73 Å². The summed E-state index contributed by atoms with van der Waals surface area (Å²) < 4.78 is 0. The average molecular weight is 254 g/mol. The average Bonchev–Trinajstić information content (AvgIpc) is 2.70. The quantitative estimate of drug-likeness (QED) is 0.564. The third-order valence-electron chi connectivity index (χ3n) is 3.97. The van der Waals surface area contributed by atoms with E-state index < -0.39 is 0 Å². The number of hydrogen-bond donors (Lipinski definition) is 3. The number of carbonyl (C=O) groups excluding carboxylic acids is 2. The second kappa shape index (κ2) is 5.67. The molecule has 3 atom stereocenters. The van der Waals surface area contributed by atoms with Gasteiger partial charge in [0.1, 0.15) is 0 Å². The van der Waals surface area contributed by atoms with E-state index >= 15 is 0 Å². The lowest BCUT2D eigenvalue weighted by molar-refractivity contribution is -0.128. The number of likely N-dealkylation sites (tertiary alicyclic amines) is 1. The van der Waals surface area contributed by atoms with E-state index in [1.54, 1.807) is 0 Å². The zero-order chi connectivity index (χ0) is 13.1. The minimum absolute atomic E-state index is 0.169. The molecule has 1 heterocycles. The van der Waals surface area contributed by atoms with Crippen molar-refractivity contribution < 1.29 is 9.59 Å². The third-order valence-corrected chi connectivity index (χ3v) is 3.97. The Balaban J connectivity index is 1.78. The van der Waals surface area contributed by atoms with E-state index in [-0.39, 0.29) is 17.9 Å². The SMILES string of the molecule is CC(=O)NNC(=O)CN1CC2CCCC(N)C2C1. The van der Waals surface area contributed by atoms with Crippen LogP contribution in [0.15, 0.2) is 0 Å². The molecular weight excluding hydrogens is 232 g/mol. The summed E-state index contributed by atoms with van der Waals surface area (Å²) in [5, 5.41) is 0. The summed E-state index contributed by atoms with van der Waals surface area (Å²) in [6.07, 6.45) is 3.53. The van der Waals surface area contributed by atoms with Crippen molar-refractivity contribution >= 4 is 11.8 Å². The Bertz CT molecular complexity index is 334. The fourth-order valence-electron chi connectivity index (χ4n) is 3.14. The minimum atomic E-state index is -0.263. The maximum atomic E-state index is 11.6. The molecule has 0 radical (unpaired) electrons. The summed E-state index contributed by atoms with van der Waals surface area (Å²) in [4.78, 5) is 24.4. The standard InChI is InChI=1S/C12H22N4O2/c1-8(17)14-15-12(18)7-16-5-9-3-2-4-11(13)10(9)6-16/h9-11H,2-7,13H2,1H3,(H,14,17)(H,15,18). The van der Waals surface area contributed by atoms with Gasteiger partial charge in [0.25, 0.3) is 5.91 Å². The number of nitrogens with two attached hydrogens (primary N) is 1. The van der Waals surface area contributed by atoms with Gasteiger partial charge in [0.2, 0.25) is 5.91 Å². The molecule has 6 heteroatoms. The van der Waals surface area contributed by atoms with Gasteiger partial charge in [-0.15, -0.1) is 0 Å². The predicted molar refractivity (Wildman–Crippen MR) is 67.2 cm³/mol. The molecule has 2 rings (SSSR count). The van der Waals surface area contributed by atoms with Crippen LogP contribution in [0.1, 0.15) is 26.2 Å². The van der Waals surface area contributed by atoms with Gasteiger partial charge >= 0.3 is 0 Å². The summed E-state index contributed by atoms with van der Waals surface area (Å²) >= 11 is 0. The molecule has 1 saturated heterocycles. The molecule has 18 heavy (non-hydrogen) atoms. The molecule has 102 valence electrons. The van der Waals surface area contributed by atoms with Crippen molar-refractivity contribution in [1.29, 1.82) is 0 Å². The third kappa shape index (κ3) is 3.20. The lowest BCUT2D eigenvalue weighted by atomic mass is 9.78. The second-order valence-electron chi connectivity index (χ2n) is 5.44. The van der Waals surface area contributed by atoms with Gasteiger partial charge in [0.05, 0.1) is 6.54 Å². The number of nitrogens with one attached hydrogen (secondary N) is 2. The Labute approximate surface area is 107 Å². The van der Waals surface area contributed by atoms with Gasteiger partial charge in [-0.1, -0.05) is 6.42 Å². The summed E-state index contributed by atoms with van der Waals surface area (Å²) in [5.41, 5.74) is 10.8. The zero-order valence-corrected chi connectivity index (χ0v) is 10.8. The van der Waals surface area contributed by atoms with E-state index in [9.17, 15) is 9.59 Å². The minimum Gasteiger partial charge on any atom is -0.327 e. The van der Waals surface area contributed by atoms with Crippen molar-refractivity contribution in [3.63, 3.8) is 0 Å². The molecule has 1 saturated carbocycles. The first kappa shape index (κ1) is 13.3. The Hall–Kier alpha value is -1.14. The number of amides is 2. The van der Waals surface area contributed by atoms with Crippen molar-refractivity contribution in [2.24, 2.45) is 17.6 Å². The van der Waals surface area contributed by atoms with Crippen LogP contribution in [0.3, 0.4) is 0 Å².